The summed E-state index contributed by atoms with van der Waals surface area (Å²) in [6.07, 6.45) is -4.93. The standard InChI is InChI=1S/C13H14ClF3N2O3/c14-8-1-2-11(10(5-8)13(15,16)17)19-12(20)18-6-9-7-21-3-4-22-9/h1-2,5,9H,3-4,6-7H2,(H2,18,19,20). The van der Waals surface area contributed by atoms with Gasteiger partial charge in [-0.25, -0.2) is 4.79 Å². The zero-order valence-electron chi connectivity index (χ0n) is 11.4. The molecule has 2 amide bonds. The number of anilines is 1. The molecule has 22 heavy (non-hydrogen) atoms. The van der Waals surface area contributed by atoms with E-state index in [1.54, 1.807) is 0 Å². The lowest BCUT2D eigenvalue weighted by Gasteiger charge is -2.23. The van der Waals surface area contributed by atoms with E-state index >= 15 is 0 Å². The third-order valence-electron chi connectivity index (χ3n) is 2.91. The minimum Gasteiger partial charge on any atom is -0.376 e. The van der Waals surface area contributed by atoms with Crippen LogP contribution in [0, 0.1) is 0 Å². The van der Waals surface area contributed by atoms with Crippen molar-refractivity contribution in [1.29, 1.82) is 0 Å². The summed E-state index contributed by atoms with van der Waals surface area (Å²) in [5, 5.41) is 4.53. The number of carbonyl (C=O) groups excluding carboxylic acids is 1. The van der Waals surface area contributed by atoms with E-state index in [2.05, 4.69) is 10.6 Å². The normalized spacial score (nSPS) is 18.8. The molecule has 0 saturated carbocycles. The number of hydrogen-bond donors (Lipinski definition) is 2. The fourth-order valence-corrected chi connectivity index (χ4v) is 2.06. The molecule has 2 N–H and O–H groups in total. The number of hydrogen-bond acceptors (Lipinski definition) is 3. The van der Waals surface area contributed by atoms with Gasteiger partial charge in [-0.15, -0.1) is 0 Å². The van der Waals surface area contributed by atoms with Gasteiger partial charge in [-0.1, -0.05) is 11.6 Å². The Morgan fingerprint density at radius 1 is 1.36 bits per heavy atom. The molecule has 1 aliphatic heterocycles. The number of ether oxygens (including phenoxy) is 2. The number of halogens is 4. The lowest BCUT2D eigenvalue weighted by molar-refractivity contribution is -0.136. The van der Waals surface area contributed by atoms with Gasteiger partial charge in [0.2, 0.25) is 0 Å². The van der Waals surface area contributed by atoms with Gasteiger partial charge in [-0.2, -0.15) is 13.2 Å². The SMILES string of the molecule is O=C(NCC1COCCO1)Nc1ccc(Cl)cc1C(F)(F)F. The lowest BCUT2D eigenvalue weighted by atomic mass is 10.1. The Bertz CT molecular complexity index is 534. The van der Waals surface area contributed by atoms with Crippen molar-refractivity contribution in [2.45, 2.75) is 12.3 Å². The molecule has 1 aliphatic rings. The topological polar surface area (TPSA) is 59.6 Å². The molecular weight excluding hydrogens is 325 g/mol. The summed E-state index contributed by atoms with van der Waals surface area (Å²) in [5.74, 6) is 0. The Kier molecular flexibility index (Phi) is 5.49. The minimum absolute atomic E-state index is 0.0639. The van der Waals surface area contributed by atoms with Crippen LogP contribution in [0.5, 0.6) is 0 Å². The quantitative estimate of drug-likeness (QED) is 0.891. The predicted molar refractivity (Wildman–Crippen MR) is 74.0 cm³/mol. The van der Waals surface area contributed by atoms with E-state index in [1.165, 1.54) is 6.07 Å². The maximum absolute atomic E-state index is 12.9. The van der Waals surface area contributed by atoms with Crippen LogP contribution < -0.4 is 10.6 Å². The van der Waals surface area contributed by atoms with Crippen LogP contribution >= 0.6 is 11.6 Å². The van der Waals surface area contributed by atoms with Crippen LogP contribution in [0.4, 0.5) is 23.7 Å². The monoisotopic (exact) mass is 338 g/mol. The number of benzene rings is 1. The Balaban J connectivity index is 1.96. The highest BCUT2D eigenvalue weighted by Crippen LogP contribution is 2.36. The minimum atomic E-state index is -4.62. The highest BCUT2D eigenvalue weighted by atomic mass is 35.5. The Hall–Kier alpha value is -1.51. The fourth-order valence-electron chi connectivity index (χ4n) is 1.89. The molecule has 0 radical (unpaired) electrons. The van der Waals surface area contributed by atoms with Gasteiger partial charge in [0, 0.05) is 11.6 Å². The molecule has 1 aromatic rings. The van der Waals surface area contributed by atoms with Crippen molar-refractivity contribution >= 4 is 23.3 Å². The molecule has 1 saturated heterocycles. The average molecular weight is 339 g/mol. The van der Waals surface area contributed by atoms with E-state index in [4.69, 9.17) is 21.1 Å². The van der Waals surface area contributed by atoms with Crippen molar-refractivity contribution in [1.82, 2.24) is 5.32 Å². The van der Waals surface area contributed by atoms with Gasteiger partial charge < -0.3 is 20.1 Å². The Morgan fingerprint density at radius 3 is 2.77 bits per heavy atom. The molecule has 0 aromatic heterocycles. The van der Waals surface area contributed by atoms with Crippen molar-refractivity contribution in [2.75, 3.05) is 31.7 Å². The molecule has 0 spiro atoms. The number of rotatable bonds is 3. The number of alkyl halides is 3. The highest BCUT2D eigenvalue weighted by Gasteiger charge is 2.34. The van der Waals surface area contributed by atoms with Crippen LogP contribution in [-0.4, -0.2) is 38.5 Å². The number of urea groups is 1. The van der Waals surface area contributed by atoms with Crippen molar-refractivity contribution in [3.05, 3.63) is 28.8 Å². The maximum Gasteiger partial charge on any atom is 0.418 e. The van der Waals surface area contributed by atoms with Gasteiger partial charge >= 0.3 is 12.2 Å². The smallest absolute Gasteiger partial charge is 0.376 e. The molecule has 1 unspecified atom stereocenters. The van der Waals surface area contributed by atoms with Crippen LogP contribution in [0.2, 0.25) is 5.02 Å². The van der Waals surface area contributed by atoms with Crippen LogP contribution in [0.25, 0.3) is 0 Å². The summed E-state index contributed by atoms with van der Waals surface area (Å²) >= 11 is 5.56. The van der Waals surface area contributed by atoms with E-state index in [0.29, 0.717) is 19.8 Å². The van der Waals surface area contributed by atoms with Gasteiger partial charge in [0.15, 0.2) is 0 Å². The van der Waals surface area contributed by atoms with Gasteiger partial charge in [-0.3, -0.25) is 0 Å². The lowest BCUT2D eigenvalue weighted by Crippen LogP contribution is -2.41. The third-order valence-corrected chi connectivity index (χ3v) is 3.15. The second-order valence-electron chi connectivity index (χ2n) is 4.59. The van der Waals surface area contributed by atoms with Crippen LogP contribution in [0.15, 0.2) is 18.2 Å². The summed E-state index contributed by atoms with van der Waals surface area (Å²) in [5.41, 5.74) is -1.37. The molecule has 5 nitrogen and oxygen atoms in total. The molecule has 1 heterocycles. The molecule has 122 valence electrons. The highest BCUT2D eigenvalue weighted by molar-refractivity contribution is 6.30. The summed E-state index contributed by atoms with van der Waals surface area (Å²) in [7, 11) is 0. The first kappa shape index (κ1) is 16.9. The molecule has 2 rings (SSSR count). The van der Waals surface area contributed by atoms with E-state index in [1.807, 2.05) is 0 Å². The Labute approximate surface area is 129 Å². The van der Waals surface area contributed by atoms with Gasteiger partial charge in [-0.05, 0) is 18.2 Å². The van der Waals surface area contributed by atoms with Crippen LogP contribution in [-0.2, 0) is 15.7 Å². The van der Waals surface area contributed by atoms with E-state index in [0.717, 1.165) is 12.1 Å². The second-order valence-corrected chi connectivity index (χ2v) is 5.03. The number of carbonyl (C=O) groups is 1. The summed E-state index contributed by atoms with van der Waals surface area (Å²) in [4.78, 5) is 11.7. The van der Waals surface area contributed by atoms with E-state index in [-0.39, 0.29) is 23.4 Å². The van der Waals surface area contributed by atoms with Gasteiger partial charge in [0.25, 0.3) is 0 Å². The van der Waals surface area contributed by atoms with E-state index < -0.39 is 17.8 Å². The molecule has 1 fully saturated rings. The number of amides is 2. The van der Waals surface area contributed by atoms with Crippen molar-refractivity contribution in [2.24, 2.45) is 0 Å². The summed E-state index contributed by atoms with van der Waals surface area (Å²) in [6.45, 7) is 1.38. The van der Waals surface area contributed by atoms with Crippen LogP contribution in [0.3, 0.4) is 0 Å². The van der Waals surface area contributed by atoms with Crippen molar-refractivity contribution in [3.63, 3.8) is 0 Å². The molecule has 1 aromatic carbocycles. The van der Waals surface area contributed by atoms with Crippen molar-refractivity contribution < 1.29 is 27.4 Å². The summed E-state index contributed by atoms with van der Waals surface area (Å²) in [6, 6.07) is 2.37. The molecule has 9 heteroatoms. The molecular formula is C13H14ClF3N2O3. The van der Waals surface area contributed by atoms with Gasteiger partial charge in [0.05, 0.1) is 37.2 Å². The van der Waals surface area contributed by atoms with Crippen LogP contribution in [0.1, 0.15) is 5.56 Å². The van der Waals surface area contributed by atoms with Crippen molar-refractivity contribution in [3.8, 4) is 0 Å². The first-order valence-corrected chi connectivity index (χ1v) is 6.85. The first-order chi connectivity index (χ1) is 10.4. The zero-order valence-corrected chi connectivity index (χ0v) is 12.1. The largest absolute Gasteiger partial charge is 0.418 e. The molecule has 0 bridgehead atoms. The Morgan fingerprint density at radius 2 is 2.14 bits per heavy atom. The fraction of sp³-hybridized carbons (Fsp3) is 0.462. The van der Waals surface area contributed by atoms with E-state index in [9.17, 15) is 18.0 Å². The molecule has 0 aliphatic carbocycles. The molecule has 1 atom stereocenters. The average Bonchev–Trinajstić information content (AvgIpc) is 2.47. The first-order valence-electron chi connectivity index (χ1n) is 6.47. The maximum atomic E-state index is 12.9. The second kappa shape index (κ2) is 7.17. The number of nitrogens with one attached hydrogen (secondary N) is 2. The summed E-state index contributed by atoms with van der Waals surface area (Å²) < 4.78 is 49.1. The zero-order chi connectivity index (χ0) is 16.2. The predicted octanol–water partition coefficient (Wildman–Crippen LogP) is 2.90. The third kappa shape index (κ3) is 4.75. The van der Waals surface area contributed by atoms with Gasteiger partial charge in [0.1, 0.15) is 0 Å².